The Morgan fingerprint density at radius 1 is 1.14 bits per heavy atom. The Bertz CT molecular complexity index is 1160. The molecule has 146 valence electrons. The molecule has 0 aliphatic carbocycles. The Balaban J connectivity index is 1.99. The number of pyridine rings is 1. The van der Waals surface area contributed by atoms with Gasteiger partial charge in [0.2, 0.25) is 0 Å². The molecule has 0 unspecified atom stereocenters. The molecule has 0 amide bonds. The van der Waals surface area contributed by atoms with E-state index in [1.807, 2.05) is 49.3 Å². The molecular formula is C19H20N4O4S. The molecule has 28 heavy (non-hydrogen) atoms. The fraction of sp³-hybridized carbons (Fsp3) is 0.211. The molecule has 0 fully saturated rings. The van der Waals surface area contributed by atoms with Crippen molar-refractivity contribution < 1.29 is 13.3 Å². The highest BCUT2D eigenvalue weighted by molar-refractivity contribution is 7.90. The van der Waals surface area contributed by atoms with Crippen LogP contribution in [0, 0.1) is 10.1 Å². The summed E-state index contributed by atoms with van der Waals surface area (Å²) >= 11 is 0. The van der Waals surface area contributed by atoms with Crippen molar-refractivity contribution in [2.24, 2.45) is 0 Å². The van der Waals surface area contributed by atoms with Gasteiger partial charge in [-0.05, 0) is 29.8 Å². The number of hydrogen-bond acceptors (Lipinski definition) is 7. The standard InChI is InChI=1S/C19H20N4O4S/c1-22(2)19-10-13(15-6-4-5-7-16(15)21-19)12-20-17-9-8-14(28(3,26)27)11-18(17)23(24)25/h4-11,20H,12H2,1-3H3. The number of nitro benzene ring substituents is 1. The Hall–Kier alpha value is -3.20. The van der Waals surface area contributed by atoms with Gasteiger partial charge in [-0.25, -0.2) is 13.4 Å². The molecule has 1 heterocycles. The molecule has 1 aromatic heterocycles. The Morgan fingerprint density at radius 2 is 1.86 bits per heavy atom. The van der Waals surface area contributed by atoms with Gasteiger partial charge >= 0.3 is 0 Å². The Labute approximate surface area is 162 Å². The van der Waals surface area contributed by atoms with Crippen molar-refractivity contribution in [1.29, 1.82) is 0 Å². The Morgan fingerprint density at radius 3 is 2.50 bits per heavy atom. The fourth-order valence-electron chi connectivity index (χ4n) is 2.84. The van der Waals surface area contributed by atoms with Crippen molar-refractivity contribution in [3.8, 4) is 0 Å². The molecule has 0 spiro atoms. The number of nitro groups is 1. The first kappa shape index (κ1) is 19.6. The van der Waals surface area contributed by atoms with Crippen LogP contribution in [-0.4, -0.2) is 38.7 Å². The van der Waals surface area contributed by atoms with Crippen LogP contribution in [0.2, 0.25) is 0 Å². The number of benzene rings is 2. The molecule has 2 aromatic carbocycles. The molecule has 0 atom stereocenters. The lowest BCUT2D eigenvalue weighted by Gasteiger charge is -2.16. The summed E-state index contributed by atoms with van der Waals surface area (Å²) in [4.78, 5) is 17.2. The number of hydrogen-bond donors (Lipinski definition) is 1. The molecule has 3 aromatic rings. The van der Waals surface area contributed by atoms with Gasteiger partial charge < -0.3 is 10.2 Å². The smallest absolute Gasteiger partial charge is 0.293 e. The van der Waals surface area contributed by atoms with E-state index in [-0.39, 0.29) is 16.3 Å². The zero-order valence-corrected chi connectivity index (χ0v) is 16.5. The van der Waals surface area contributed by atoms with E-state index in [2.05, 4.69) is 10.3 Å². The van der Waals surface area contributed by atoms with Gasteiger partial charge in [-0.15, -0.1) is 0 Å². The highest BCUT2D eigenvalue weighted by Gasteiger charge is 2.19. The predicted octanol–water partition coefficient (Wildman–Crippen LogP) is 3.22. The third kappa shape index (κ3) is 4.04. The monoisotopic (exact) mass is 400 g/mol. The fourth-order valence-corrected chi connectivity index (χ4v) is 3.48. The zero-order valence-electron chi connectivity index (χ0n) is 15.7. The topological polar surface area (TPSA) is 105 Å². The average Bonchev–Trinajstić information content (AvgIpc) is 2.64. The average molecular weight is 400 g/mol. The van der Waals surface area contributed by atoms with Crippen molar-refractivity contribution in [1.82, 2.24) is 4.98 Å². The second-order valence-electron chi connectivity index (χ2n) is 6.61. The van der Waals surface area contributed by atoms with Gasteiger partial charge in [-0.2, -0.15) is 0 Å². The zero-order chi connectivity index (χ0) is 20.5. The third-order valence-electron chi connectivity index (χ3n) is 4.31. The number of anilines is 2. The van der Waals surface area contributed by atoms with Crippen LogP contribution in [0.15, 0.2) is 53.4 Å². The van der Waals surface area contributed by atoms with Crippen LogP contribution in [0.4, 0.5) is 17.2 Å². The molecule has 0 saturated heterocycles. The van der Waals surface area contributed by atoms with Crippen LogP contribution < -0.4 is 10.2 Å². The maximum absolute atomic E-state index is 11.7. The largest absolute Gasteiger partial charge is 0.375 e. The minimum Gasteiger partial charge on any atom is -0.375 e. The van der Waals surface area contributed by atoms with E-state index in [4.69, 9.17) is 0 Å². The molecular weight excluding hydrogens is 380 g/mol. The van der Waals surface area contributed by atoms with Gasteiger partial charge in [0.25, 0.3) is 5.69 Å². The van der Waals surface area contributed by atoms with Gasteiger partial charge in [0.15, 0.2) is 9.84 Å². The summed E-state index contributed by atoms with van der Waals surface area (Å²) in [6.45, 7) is 0.322. The summed E-state index contributed by atoms with van der Waals surface area (Å²) in [7, 11) is 0.251. The minimum absolute atomic E-state index is 0.0889. The van der Waals surface area contributed by atoms with Crippen LogP contribution in [0.1, 0.15) is 5.56 Å². The number of sulfone groups is 1. The molecule has 0 aliphatic heterocycles. The van der Waals surface area contributed by atoms with E-state index in [1.165, 1.54) is 12.1 Å². The number of fused-ring (bicyclic) bond motifs is 1. The SMILES string of the molecule is CN(C)c1cc(CNc2ccc(S(C)(=O)=O)cc2[N+](=O)[O-])c2ccccc2n1. The van der Waals surface area contributed by atoms with Crippen molar-refractivity contribution in [2.75, 3.05) is 30.6 Å². The van der Waals surface area contributed by atoms with E-state index < -0.39 is 14.8 Å². The lowest BCUT2D eigenvalue weighted by molar-refractivity contribution is -0.384. The number of nitrogens with one attached hydrogen (secondary N) is 1. The first-order valence-electron chi connectivity index (χ1n) is 8.45. The molecule has 0 saturated carbocycles. The quantitative estimate of drug-likeness (QED) is 0.500. The maximum atomic E-state index is 11.7. The lowest BCUT2D eigenvalue weighted by atomic mass is 10.1. The summed E-state index contributed by atoms with van der Waals surface area (Å²) in [5.74, 6) is 0.775. The van der Waals surface area contributed by atoms with Crippen molar-refractivity contribution in [2.45, 2.75) is 11.4 Å². The molecule has 8 nitrogen and oxygen atoms in total. The van der Waals surface area contributed by atoms with E-state index in [9.17, 15) is 18.5 Å². The second-order valence-corrected chi connectivity index (χ2v) is 8.63. The predicted molar refractivity (Wildman–Crippen MR) is 110 cm³/mol. The molecule has 0 bridgehead atoms. The minimum atomic E-state index is -3.53. The van der Waals surface area contributed by atoms with E-state index in [0.29, 0.717) is 6.54 Å². The van der Waals surface area contributed by atoms with Crippen LogP contribution in [0.3, 0.4) is 0 Å². The van der Waals surface area contributed by atoms with Crippen LogP contribution in [0.25, 0.3) is 10.9 Å². The Kier molecular flexibility index (Phi) is 5.19. The summed E-state index contributed by atoms with van der Waals surface area (Å²) < 4.78 is 23.4. The molecule has 0 aliphatic rings. The maximum Gasteiger partial charge on any atom is 0.293 e. The van der Waals surface area contributed by atoms with Gasteiger partial charge in [0.05, 0.1) is 15.3 Å². The molecule has 0 radical (unpaired) electrons. The van der Waals surface area contributed by atoms with Gasteiger partial charge in [-0.3, -0.25) is 10.1 Å². The van der Waals surface area contributed by atoms with E-state index in [1.54, 1.807) is 0 Å². The molecule has 1 N–H and O–H groups in total. The van der Waals surface area contributed by atoms with Crippen LogP contribution in [-0.2, 0) is 16.4 Å². The lowest BCUT2D eigenvalue weighted by Crippen LogP contribution is -2.12. The van der Waals surface area contributed by atoms with Gasteiger partial charge in [-0.1, -0.05) is 18.2 Å². The first-order valence-corrected chi connectivity index (χ1v) is 10.3. The van der Waals surface area contributed by atoms with Crippen LogP contribution in [0.5, 0.6) is 0 Å². The number of rotatable bonds is 6. The molecule has 3 rings (SSSR count). The summed E-state index contributed by atoms with van der Waals surface area (Å²) in [5, 5.41) is 15.4. The van der Waals surface area contributed by atoms with Crippen molar-refractivity contribution >= 4 is 37.9 Å². The van der Waals surface area contributed by atoms with Crippen LogP contribution >= 0.6 is 0 Å². The summed E-state index contributed by atoms with van der Waals surface area (Å²) in [6, 6.07) is 13.5. The first-order chi connectivity index (χ1) is 13.2. The molecule has 9 heteroatoms. The second kappa shape index (κ2) is 7.43. The van der Waals surface area contributed by atoms with E-state index >= 15 is 0 Å². The summed E-state index contributed by atoms with van der Waals surface area (Å²) in [6.07, 6.45) is 1.02. The van der Waals surface area contributed by atoms with E-state index in [0.717, 1.165) is 34.6 Å². The summed E-state index contributed by atoms with van der Waals surface area (Å²) in [5.41, 5.74) is 1.72. The van der Waals surface area contributed by atoms with Crippen molar-refractivity contribution in [3.63, 3.8) is 0 Å². The van der Waals surface area contributed by atoms with Crippen molar-refractivity contribution in [3.05, 3.63) is 64.2 Å². The van der Waals surface area contributed by atoms with Gasteiger partial charge in [0.1, 0.15) is 11.5 Å². The van der Waals surface area contributed by atoms with Gasteiger partial charge in [0, 0.05) is 38.3 Å². The normalized spacial score (nSPS) is 11.4. The highest BCUT2D eigenvalue weighted by Crippen LogP contribution is 2.29. The third-order valence-corrected chi connectivity index (χ3v) is 5.42. The highest BCUT2D eigenvalue weighted by atomic mass is 32.2. The number of nitrogens with zero attached hydrogens (tertiary/aromatic N) is 3. The number of para-hydroxylation sites is 1. The number of aromatic nitrogens is 1.